The van der Waals surface area contributed by atoms with Gasteiger partial charge < -0.3 is 11.1 Å². The van der Waals surface area contributed by atoms with E-state index in [2.05, 4.69) is 10.3 Å². The average molecular weight is 233 g/mol. The molecule has 3 N–H and O–H groups in total. The normalized spacial score (nSPS) is 17.3. The van der Waals surface area contributed by atoms with E-state index < -0.39 is 0 Å². The lowest BCUT2D eigenvalue weighted by molar-refractivity contribution is -0.123. The number of aryl methyl sites for hydroxylation is 1. The van der Waals surface area contributed by atoms with Gasteiger partial charge in [0.2, 0.25) is 5.91 Å². The fourth-order valence-corrected chi connectivity index (χ4v) is 1.99. The monoisotopic (exact) mass is 233 g/mol. The van der Waals surface area contributed by atoms with Gasteiger partial charge in [-0.1, -0.05) is 6.07 Å². The second kappa shape index (κ2) is 4.84. The number of pyridine rings is 1. The Morgan fingerprint density at radius 1 is 1.53 bits per heavy atom. The van der Waals surface area contributed by atoms with Crippen molar-refractivity contribution in [2.24, 2.45) is 5.73 Å². The van der Waals surface area contributed by atoms with Crippen molar-refractivity contribution in [3.05, 3.63) is 29.6 Å². The van der Waals surface area contributed by atoms with Gasteiger partial charge >= 0.3 is 0 Å². The largest absolute Gasteiger partial charge is 0.352 e. The maximum absolute atomic E-state index is 11.7. The molecule has 1 saturated carbocycles. The maximum atomic E-state index is 11.7. The van der Waals surface area contributed by atoms with Crippen molar-refractivity contribution in [1.82, 2.24) is 10.3 Å². The van der Waals surface area contributed by atoms with Crippen LogP contribution in [-0.4, -0.2) is 16.4 Å². The molecule has 1 amide bonds. The maximum Gasteiger partial charge on any atom is 0.222 e. The van der Waals surface area contributed by atoms with Crippen LogP contribution in [0, 0.1) is 6.92 Å². The van der Waals surface area contributed by atoms with Gasteiger partial charge in [0.15, 0.2) is 0 Å². The van der Waals surface area contributed by atoms with Crippen molar-refractivity contribution in [2.75, 3.05) is 0 Å². The lowest BCUT2D eigenvalue weighted by atomic mass is 9.75. The zero-order valence-corrected chi connectivity index (χ0v) is 10.2. The van der Waals surface area contributed by atoms with Crippen molar-refractivity contribution in [2.45, 2.75) is 44.7 Å². The van der Waals surface area contributed by atoms with Crippen LogP contribution >= 0.6 is 0 Å². The molecule has 1 heterocycles. The molecule has 0 bridgehead atoms. The molecule has 1 aromatic rings. The van der Waals surface area contributed by atoms with Crippen LogP contribution in [-0.2, 0) is 11.3 Å². The highest BCUT2D eigenvalue weighted by Crippen LogP contribution is 2.31. The van der Waals surface area contributed by atoms with Gasteiger partial charge in [-0.15, -0.1) is 0 Å². The van der Waals surface area contributed by atoms with Crippen molar-refractivity contribution in [3.63, 3.8) is 0 Å². The first kappa shape index (κ1) is 12.0. The molecule has 2 rings (SSSR count). The molecular formula is C13H19N3O. The minimum Gasteiger partial charge on any atom is -0.352 e. The number of carbonyl (C=O) groups excluding carboxylic acids is 1. The number of hydrogen-bond donors (Lipinski definition) is 2. The Bertz CT molecular complexity index is 396. The average Bonchev–Trinajstić information content (AvgIpc) is 2.26. The first-order valence-electron chi connectivity index (χ1n) is 6.05. The summed E-state index contributed by atoms with van der Waals surface area (Å²) in [7, 11) is 0. The number of nitrogens with zero attached hydrogens (tertiary/aromatic N) is 1. The summed E-state index contributed by atoms with van der Waals surface area (Å²) in [4.78, 5) is 15.9. The van der Waals surface area contributed by atoms with E-state index >= 15 is 0 Å². The number of aromatic nitrogens is 1. The molecule has 0 saturated heterocycles. The molecule has 4 heteroatoms. The molecule has 0 unspecified atom stereocenters. The first-order chi connectivity index (χ1) is 8.07. The zero-order chi connectivity index (χ0) is 12.3. The van der Waals surface area contributed by atoms with Crippen LogP contribution in [0.5, 0.6) is 0 Å². The van der Waals surface area contributed by atoms with Gasteiger partial charge in [-0.2, -0.15) is 0 Å². The molecule has 92 valence electrons. The molecule has 4 nitrogen and oxygen atoms in total. The summed E-state index contributed by atoms with van der Waals surface area (Å²) in [6.07, 6.45) is 5.30. The van der Waals surface area contributed by atoms with Crippen LogP contribution < -0.4 is 11.1 Å². The summed E-state index contributed by atoms with van der Waals surface area (Å²) in [6.45, 7) is 2.47. The van der Waals surface area contributed by atoms with Crippen molar-refractivity contribution in [1.29, 1.82) is 0 Å². The van der Waals surface area contributed by atoms with E-state index in [0.29, 0.717) is 13.0 Å². The zero-order valence-electron chi connectivity index (χ0n) is 10.2. The molecule has 0 aromatic carbocycles. The summed E-state index contributed by atoms with van der Waals surface area (Å²) in [5.74, 6) is 0.0350. The summed E-state index contributed by atoms with van der Waals surface area (Å²) in [5.41, 5.74) is 7.78. The van der Waals surface area contributed by atoms with E-state index in [-0.39, 0.29) is 11.4 Å². The van der Waals surface area contributed by atoms with E-state index in [1.165, 1.54) is 0 Å². The van der Waals surface area contributed by atoms with Gasteiger partial charge in [0, 0.05) is 30.4 Å². The van der Waals surface area contributed by atoms with E-state index in [4.69, 9.17) is 5.73 Å². The molecule has 17 heavy (non-hydrogen) atoms. The molecule has 1 aromatic heterocycles. The van der Waals surface area contributed by atoms with Crippen molar-refractivity contribution >= 4 is 5.91 Å². The fraction of sp³-hybridized carbons (Fsp3) is 0.538. The quantitative estimate of drug-likeness (QED) is 0.823. The van der Waals surface area contributed by atoms with Gasteiger partial charge in [-0.05, 0) is 37.8 Å². The van der Waals surface area contributed by atoms with Crippen LogP contribution in [0.3, 0.4) is 0 Å². The number of carbonyl (C=O) groups is 1. The standard InChI is InChI=1S/C13H19N3O/c1-10-3-4-11(8-15-10)9-16-12(17)7-13(14)5-2-6-13/h3-4,8H,2,5-7,9,14H2,1H3,(H,16,17). The second-order valence-electron chi connectivity index (χ2n) is 4.98. The molecule has 0 radical (unpaired) electrons. The SMILES string of the molecule is Cc1ccc(CNC(=O)CC2(N)CCC2)cn1. The van der Waals surface area contributed by atoms with Gasteiger partial charge in [0.25, 0.3) is 0 Å². The number of hydrogen-bond acceptors (Lipinski definition) is 3. The molecule has 0 spiro atoms. The summed E-state index contributed by atoms with van der Waals surface area (Å²) >= 11 is 0. The first-order valence-corrected chi connectivity index (χ1v) is 6.05. The van der Waals surface area contributed by atoms with Crippen LogP contribution in [0.4, 0.5) is 0 Å². The third-order valence-corrected chi connectivity index (χ3v) is 3.32. The highest BCUT2D eigenvalue weighted by Gasteiger charge is 2.34. The van der Waals surface area contributed by atoms with Gasteiger partial charge in [0.1, 0.15) is 0 Å². The fourth-order valence-electron chi connectivity index (χ4n) is 1.99. The Morgan fingerprint density at radius 3 is 2.82 bits per heavy atom. The number of nitrogens with one attached hydrogen (secondary N) is 1. The Balaban J connectivity index is 1.78. The topological polar surface area (TPSA) is 68.0 Å². The van der Waals surface area contributed by atoms with Gasteiger partial charge in [-0.25, -0.2) is 0 Å². The molecule has 0 atom stereocenters. The molecular weight excluding hydrogens is 214 g/mol. The molecule has 1 aliphatic carbocycles. The van der Waals surface area contributed by atoms with E-state index in [0.717, 1.165) is 30.5 Å². The highest BCUT2D eigenvalue weighted by atomic mass is 16.1. The van der Waals surface area contributed by atoms with Crippen LogP contribution in [0.25, 0.3) is 0 Å². The summed E-state index contributed by atoms with van der Waals surface area (Å²) in [5, 5.41) is 2.88. The highest BCUT2D eigenvalue weighted by molar-refractivity contribution is 5.77. The molecule has 1 aliphatic rings. The van der Waals surface area contributed by atoms with Crippen LogP contribution in [0.2, 0.25) is 0 Å². The Hall–Kier alpha value is -1.42. The minimum atomic E-state index is -0.240. The van der Waals surface area contributed by atoms with Crippen LogP contribution in [0.1, 0.15) is 36.9 Å². The number of amides is 1. The second-order valence-corrected chi connectivity index (χ2v) is 4.98. The third kappa shape index (κ3) is 3.27. The molecule has 1 fully saturated rings. The van der Waals surface area contributed by atoms with E-state index in [1.54, 1.807) is 6.20 Å². The smallest absolute Gasteiger partial charge is 0.222 e. The van der Waals surface area contributed by atoms with Crippen molar-refractivity contribution < 1.29 is 4.79 Å². The van der Waals surface area contributed by atoms with Crippen LogP contribution in [0.15, 0.2) is 18.3 Å². The third-order valence-electron chi connectivity index (χ3n) is 3.32. The lowest BCUT2D eigenvalue weighted by Gasteiger charge is -2.37. The number of nitrogens with two attached hydrogens (primary N) is 1. The Kier molecular flexibility index (Phi) is 3.43. The van der Waals surface area contributed by atoms with E-state index in [9.17, 15) is 4.79 Å². The predicted molar refractivity (Wildman–Crippen MR) is 66.2 cm³/mol. The Labute approximate surface area is 102 Å². The lowest BCUT2D eigenvalue weighted by Crippen LogP contribution is -2.49. The minimum absolute atomic E-state index is 0.0350. The summed E-state index contributed by atoms with van der Waals surface area (Å²) in [6, 6.07) is 3.92. The van der Waals surface area contributed by atoms with Gasteiger partial charge in [-0.3, -0.25) is 9.78 Å². The Morgan fingerprint density at radius 2 is 2.29 bits per heavy atom. The summed E-state index contributed by atoms with van der Waals surface area (Å²) < 4.78 is 0. The number of rotatable bonds is 4. The van der Waals surface area contributed by atoms with Crippen molar-refractivity contribution in [3.8, 4) is 0 Å². The molecule has 0 aliphatic heterocycles. The van der Waals surface area contributed by atoms with E-state index in [1.807, 2.05) is 19.1 Å². The predicted octanol–water partition coefficient (Wildman–Crippen LogP) is 1.28. The van der Waals surface area contributed by atoms with Gasteiger partial charge in [0.05, 0.1) is 0 Å².